The van der Waals surface area contributed by atoms with Crippen LogP contribution in [0.4, 0.5) is 11.6 Å². The molecule has 0 spiro atoms. The lowest BCUT2D eigenvalue weighted by atomic mass is 9.81. The third kappa shape index (κ3) is 4.14. The zero-order valence-electron chi connectivity index (χ0n) is 11.8. The maximum atomic E-state index is 6.13. The fourth-order valence-corrected chi connectivity index (χ4v) is 3.39. The van der Waals surface area contributed by atoms with Gasteiger partial charge in [-0.25, -0.2) is 10.8 Å². The first kappa shape index (κ1) is 15.7. The summed E-state index contributed by atoms with van der Waals surface area (Å²) in [5.41, 5.74) is 2.47. The van der Waals surface area contributed by atoms with Crippen LogP contribution in [0.1, 0.15) is 39.0 Å². The molecule has 4 nitrogen and oxygen atoms in total. The molecule has 1 aromatic heterocycles. The van der Waals surface area contributed by atoms with Gasteiger partial charge in [-0.05, 0) is 30.7 Å². The molecule has 1 aliphatic carbocycles. The fourth-order valence-electron chi connectivity index (χ4n) is 2.91. The Morgan fingerprint density at radius 2 is 2.05 bits per heavy atom. The van der Waals surface area contributed by atoms with Crippen LogP contribution in [0, 0.1) is 11.8 Å². The van der Waals surface area contributed by atoms with Crippen molar-refractivity contribution in [1.82, 2.24) is 4.98 Å². The normalized spacial score (nSPS) is 22.6. The molecule has 0 aromatic carbocycles. The highest BCUT2D eigenvalue weighted by molar-refractivity contribution is 6.37. The van der Waals surface area contributed by atoms with E-state index in [9.17, 15) is 0 Å². The van der Waals surface area contributed by atoms with Gasteiger partial charge in [0.2, 0.25) is 0 Å². The molecule has 1 aromatic rings. The van der Waals surface area contributed by atoms with Crippen LogP contribution in [-0.2, 0) is 0 Å². The molecular weight excluding hydrogens is 295 g/mol. The highest BCUT2D eigenvalue weighted by Gasteiger charge is 2.18. The molecule has 112 valence electrons. The number of nitrogens with one attached hydrogen (secondary N) is 2. The minimum Gasteiger partial charge on any atom is -0.369 e. The van der Waals surface area contributed by atoms with Crippen molar-refractivity contribution in [3.63, 3.8) is 0 Å². The molecule has 0 bridgehead atoms. The van der Waals surface area contributed by atoms with E-state index in [-0.39, 0.29) is 0 Å². The molecule has 1 fully saturated rings. The molecule has 6 heteroatoms. The van der Waals surface area contributed by atoms with Gasteiger partial charge < -0.3 is 10.7 Å². The maximum Gasteiger partial charge on any atom is 0.161 e. The van der Waals surface area contributed by atoms with Crippen LogP contribution < -0.4 is 16.6 Å². The van der Waals surface area contributed by atoms with Gasteiger partial charge in [-0.2, -0.15) is 0 Å². The average Bonchev–Trinajstić information content (AvgIpc) is 2.41. The standard InChI is InChI=1S/C14H22Cl2N4/c1-9-3-2-4-10(7-9)5-6-18-13-11(15)8-12(16)14(19-13)20-17/h8-10H,2-7,17H2,1H3,(H2,18,19,20). The monoisotopic (exact) mass is 316 g/mol. The van der Waals surface area contributed by atoms with Crippen LogP contribution in [0.5, 0.6) is 0 Å². The number of halogens is 2. The first-order chi connectivity index (χ1) is 9.60. The molecule has 2 unspecified atom stereocenters. The van der Waals surface area contributed by atoms with Crippen LogP contribution in [0.15, 0.2) is 6.07 Å². The van der Waals surface area contributed by atoms with Crippen molar-refractivity contribution in [2.45, 2.75) is 39.0 Å². The number of anilines is 2. The summed E-state index contributed by atoms with van der Waals surface area (Å²) in [4.78, 5) is 4.28. The third-order valence-electron chi connectivity index (χ3n) is 3.96. The molecule has 1 aliphatic rings. The zero-order chi connectivity index (χ0) is 14.5. The first-order valence-electron chi connectivity index (χ1n) is 7.16. The van der Waals surface area contributed by atoms with Crippen molar-refractivity contribution >= 4 is 34.8 Å². The van der Waals surface area contributed by atoms with Crippen LogP contribution in [0.3, 0.4) is 0 Å². The summed E-state index contributed by atoms with van der Waals surface area (Å²) >= 11 is 12.1. The summed E-state index contributed by atoms with van der Waals surface area (Å²) < 4.78 is 0. The molecule has 2 rings (SSSR count). The lowest BCUT2D eigenvalue weighted by molar-refractivity contribution is 0.274. The van der Waals surface area contributed by atoms with E-state index in [2.05, 4.69) is 22.7 Å². The van der Waals surface area contributed by atoms with E-state index in [1.165, 1.54) is 25.7 Å². The first-order valence-corrected chi connectivity index (χ1v) is 7.92. The predicted octanol–water partition coefficient (Wildman–Crippen LogP) is 4.30. The topological polar surface area (TPSA) is 63.0 Å². The van der Waals surface area contributed by atoms with Gasteiger partial charge in [-0.1, -0.05) is 49.4 Å². The fraction of sp³-hybridized carbons (Fsp3) is 0.643. The van der Waals surface area contributed by atoms with Gasteiger partial charge in [-0.15, -0.1) is 0 Å². The van der Waals surface area contributed by atoms with Crippen molar-refractivity contribution in [3.8, 4) is 0 Å². The molecule has 1 saturated carbocycles. The number of hydrogen-bond acceptors (Lipinski definition) is 4. The Morgan fingerprint density at radius 3 is 2.75 bits per heavy atom. The lowest BCUT2D eigenvalue weighted by Crippen LogP contribution is -2.17. The number of aromatic nitrogens is 1. The molecule has 0 amide bonds. The quantitative estimate of drug-likeness (QED) is 0.559. The molecule has 2 atom stereocenters. The van der Waals surface area contributed by atoms with Gasteiger partial charge in [-0.3, -0.25) is 0 Å². The molecule has 1 heterocycles. The van der Waals surface area contributed by atoms with E-state index >= 15 is 0 Å². The van der Waals surface area contributed by atoms with E-state index < -0.39 is 0 Å². The summed E-state index contributed by atoms with van der Waals surface area (Å²) in [5.74, 6) is 8.10. The zero-order valence-corrected chi connectivity index (χ0v) is 13.3. The Labute approximate surface area is 130 Å². The van der Waals surface area contributed by atoms with Crippen molar-refractivity contribution in [1.29, 1.82) is 0 Å². The number of hydrogen-bond donors (Lipinski definition) is 3. The minimum atomic E-state index is 0.421. The second-order valence-electron chi connectivity index (χ2n) is 5.65. The number of nitrogen functional groups attached to an aromatic ring is 1. The maximum absolute atomic E-state index is 6.13. The average molecular weight is 317 g/mol. The second-order valence-corrected chi connectivity index (χ2v) is 6.46. The van der Waals surface area contributed by atoms with Gasteiger partial charge in [0.25, 0.3) is 0 Å². The molecule has 0 radical (unpaired) electrons. The van der Waals surface area contributed by atoms with E-state index in [4.69, 9.17) is 29.0 Å². The number of rotatable bonds is 5. The number of nitrogens with two attached hydrogens (primary N) is 1. The Hall–Kier alpha value is -0.710. The Balaban J connectivity index is 1.87. The SMILES string of the molecule is CC1CCCC(CCNc2nc(NN)c(Cl)cc2Cl)C1. The molecule has 0 saturated heterocycles. The van der Waals surface area contributed by atoms with Crippen molar-refractivity contribution in [2.75, 3.05) is 17.3 Å². The highest BCUT2D eigenvalue weighted by Crippen LogP contribution is 2.31. The molecule has 20 heavy (non-hydrogen) atoms. The van der Waals surface area contributed by atoms with Gasteiger partial charge in [0.05, 0.1) is 10.0 Å². The van der Waals surface area contributed by atoms with Crippen LogP contribution in [0.2, 0.25) is 10.0 Å². The van der Waals surface area contributed by atoms with Crippen LogP contribution in [0.25, 0.3) is 0 Å². The molecular formula is C14H22Cl2N4. The molecule has 0 aliphatic heterocycles. The van der Waals surface area contributed by atoms with E-state index in [0.29, 0.717) is 21.7 Å². The minimum absolute atomic E-state index is 0.421. The Morgan fingerprint density at radius 1 is 1.30 bits per heavy atom. The van der Waals surface area contributed by atoms with E-state index in [0.717, 1.165) is 24.8 Å². The summed E-state index contributed by atoms with van der Waals surface area (Å²) in [6.07, 6.45) is 6.55. The largest absolute Gasteiger partial charge is 0.369 e. The smallest absolute Gasteiger partial charge is 0.161 e. The summed E-state index contributed by atoms with van der Waals surface area (Å²) in [7, 11) is 0. The van der Waals surface area contributed by atoms with Crippen molar-refractivity contribution in [2.24, 2.45) is 17.7 Å². The highest BCUT2D eigenvalue weighted by atomic mass is 35.5. The third-order valence-corrected chi connectivity index (χ3v) is 4.53. The van der Waals surface area contributed by atoms with Crippen molar-refractivity contribution < 1.29 is 0 Å². The number of hydrazine groups is 1. The summed E-state index contributed by atoms with van der Waals surface area (Å²) in [6, 6.07) is 1.65. The van der Waals surface area contributed by atoms with Gasteiger partial charge in [0, 0.05) is 6.54 Å². The van der Waals surface area contributed by atoms with Gasteiger partial charge in [0.15, 0.2) is 5.82 Å². The lowest BCUT2D eigenvalue weighted by Gasteiger charge is -2.26. The summed E-state index contributed by atoms with van der Waals surface area (Å²) in [6.45, 7) is 3.21. The van der Waals surface area contributed by atoms with Crippen LogP contribution >= 0.6 is 23.2 Å². The number of pyridine rings is 1. The van der Waals surface area contributed by atoms with Gasteiger partial charge >= 0.3 is 0 Å². The van der Waals surface area contributed by atoms with Gasteiger partial charge in [0.1, 0.15) is 5.82 Å². The summed E-state index contributed by atoms with van der Waals surface area (Å²) in [5, 5.41) is 4.22. The second kappa shape index (κ2) is 7.34. The van der Waals surface area contributed by atoms with E-state index in [1.54, 1.807) is 6.07 Å². The Kier molecular flexibility index (Phi) is 5.75. The van der Waals surface area contributed by atoms with Crippen molar-refractivity contribution in [3.05, 3.63) is 16.1 Å². The molecule has 4 N–H and O–H groups in total. The van der Waals surface area contributed by atoms with Crippen LogP contribution in [-0.4, -0.2) is 11.5 Å². The Bertz CT molecular complexity index is 453. The van der Waals surface area contributed by atoms with E-state index in [1.807, 2.05) is 0 Å². The predicted molar refractivity (Wildman–Crippen MR) is 86.3 cm³/mol. The number of nitrogens with zero attached hydrogens (tertiary/aromatic N) is 1.